The van der Waals surface area contributed by atoms with Crippen LogP contribution in [0.4, 0.5) is 0 Å². The van der Waals surface area contributed by atoms with Gasteiger partial charge in [-0.05, 0) is 18.2 Å². The number of hydrogen-bond acceptors (Lipinski definition) is 4. The highest BCUT2D eigenvalue weighted by Gasteiger charge is 2.11. The van der Waals surface area contributed by atoms with Gasteiger partial charge in [0, 0.05) is 24.5 Å². The normalized spacial score (nSPS) is 10.3. The molecule has 0 spiro atoms. The fourth-order valence-corrected chi connectivity index (χ4v) is 1.94. The molecule has 106 valence electrons. The molecule has 1 N–H and O–H groups in total. The van der Waals surface area contributed by atoms with Crippen LogP contribution >= 0.6 is 0 Å². The van der Waals surface area contributed by atoms with Gasteiger partial charge in [-0.3, -0.25) is 4.79 Å². The molecule has 2 rings (SSSR count). The topological polar surface area (TPSA) is 73.6 Å². The molecular weight excluding hydrogens is 260 g/mol. The third-order valence-electron chi connectivity index (χ3n) is 2.92. The van der Waals surface area contributed by atoms with Crippen molar-refractivity contribution in [2.24, 2.45) is 0 Å². The number of carbonyl (C=O) groups is 1. The van der Waals surface area contributed by atoms with E-state index in [1.165, 1.54) is 0 Å². The molecule has 0 bridgehead atoms. The summed E-state index contributed by atoms with van der Waals surface area (Å²) in [4.78, 5) is 14.9. The smallest absolute Gasteiger partial charge is 0.305 e. The quantitative estimate of drug-likeness (QED) is 0.874. The van der Waals surface area contributed by atoms with Gasteiger partial charge in [0.25, 0.3) is 0 Å². The Balaban J connectivity index is 2.32. The van der Waals surface area contributed by atoms with Crippen molar-refractivity contribution in [1.82, 2.24) is 9.55 Å². The summed E-state index contributed by atoms with van der Waals surface area (Å²) in [6, 6.07) is 5.48. The van der Waals surface area contributed by atoms with Crippen LogP contribution in [0.5, 0.6) is 11.5 Å². The summed E-state index contributed by atoms with van der Waals surface area (Å²) in [6.07, 6.45) is 3.46. The predicted molar refractivity (Wildman–Crippen MR) is 73.0 cm³/mol. The Morgan fingerprint density at radius 2 is 2.05 bits per heavy atom. The molecule has 0 atom stereocenters. The van der Waals surface area contributed by atoms with Crippen molar-refractivity contribution in [1.29, 1.82) is 0 Å². The van der Waals surface area contributed by atoms with Crippen LogP contribution in [0.2, 0.25) is 0 Å². The highest BCUT2D eigenvalue weighted by molar-refractivity contribution is 5.67. The van der Waals surface area contributed by atoms with Crippen molar-refractivity contribution >= 4 is 5.97 Å². The van der Waals surface area contributed by atoms with Crippen LogP contribution in [0.1, 0.15) is 6.42 Å². The van der Waals surface area contributed by atoms with Gasteiger partial charge in [-0.15, -0.1) is 0 Å². The molecule has 20 heavy (non-hydrogen) atoms. The van der Waals surface area contributed by atoms with E-state index >= 15 is 0 Å². The Kier molecular flexibility index (Phi) is 4.24. The molecule has 0 unspecified atom stereocenters. The zero-order chi connectivity index (χ0) is 14.5. The van der Waals surface area contributed by atoms with E-state index in [1.807, 2.05) is 12.1 Å². The van der Waals surface area contributed by atoms with E-state index in [2.05, 4.69) is 4.98 Å². The zero-order valence-electron chi connectivity index (χ0n) is 11.4. The maximum Gasteiger partial charge on any atom is 0.305 e. The number of hydrogen-bond donors (Lipinski definition) is 1. The molecule has 0 aliphatic heterocycles. The van der Waals surface area contributed by atoms with Gasteiger partial charge in [0.1, 0.15) is 5.82 Å². The fraction of sp³-hybridized carbons (Fsp3) is 0.286. The lowest BCUT2D eigenvalue weighted by atomic mass is 10.2. The number of imidazole rings is 1. The van der Waals surface area contributed by atoms with Gasteiger partial charge in [-0.2, -0.15) is 0 Å². The second-order valence-corrected chi connectivity index (χ2v) is 4.16. The van der Waals surface area contributed by atoms with E-state index in [0.717, 1.165) is 5.56 Å². The molecular formula is C14H16N2O4. The Hall–Kier alpha value is -2.50. The third-order valence-corrected chi connectivity index (χ3v) is 2.92. The summed E-state index contributed by atoms with van der Waals surface area (Å²) < 4.78 is 12.2. The second kappa shape index (κ2) is 6.10. The molecule has 2 aromatic rings. The fourth-order valence-electron chi connectivity index (χ4n) is 1.94. The van der Waals surface area contributed by atoms with E-state index in [-0.39, 0.29) is 6.42 Å². The van der Waals surface area contributed by atoms with Crippen LogP contribution in [0.25, 0.3) is 11.4 Å². The summed E-state index contributed by atoms with van der Waals surface area (Å²) >= 11 is 0. The van der Waals surface area contributed by atoms with Crippen LogP contribution in [-0.2, 0) is 11.3 Å². The molecule has 0 radical (unpaired) electrons. The first kappa shape index (κ1) is 13.9. The number of benzene rings is 1. The highest BCUT2D eigenvalue weighted by atomic mass is 16.5. The number of nitrogens with zero attached hydrogens (tertiary/aromatic N) is 2. The van der Waals surface area contributed by atoms with Crippen LogP contribution in [0.15, 0.2) is 30.6 Å². The van der Waals surface area contributed by atoms with Gasteiger partial charge in [-0.25, -0.2) is 4.98 Å². The Morgan fingerprint density at radius 1 is 1.30 bits per heavy atom. The lowest BCUT2D eigenvalue weighted by Crippen LogP contribution is -2.05. The van der Waals surface area contributed by atoms with Gasteiger partial charge < -0.3 is 19.1 Å². The van der Waals surface area contributed by atoms with E-state index < -0.39 is 5.97 Å². The monoisotopic (exact) mass is 276 g/mol. The maximum absolute atomic E-state index is 10.7. The van der Waals surface area contributed by atoms with Gasteiger partial charge >= 0.3 is 5.97 Å². The minimum absolute atomic E-state index is 0.0522. The molecule has 0 saturated carbocycles. The molecule has 1 aromatic carbocycles. The first-order valence-corrected chi connectivity index (χ1v) is 6.11. The molecule has 0 saturated heterocycles. The summed E-state index contributed by atoms with van der Waals surface area (Å²) in [6.45, 7) is 0.374. The third kappa shape index (κ3) is 2.90. The molecule has 6 heteroatoms. The first-order valence-electron chi connectivity index (χ1n) is 6.11. The lowest BCUT2D eigenvalue weighted by molar-refractivity contribution is -0.137. The molecule has 0 fully saturated rings. The van der Waals surface area contributed by atoms with Crippen molar-refractivity contribution in [3.05, 3.63) is 30.6 Å². The standard InChI is InChI=1S/C14H16N2O4/c1-19-11-4-3-10(9-12(11)20-2)14-15-6-8-16(14)7-5-13(17)18/h3-4,6,8-9H,5,7H2,1-2H3,(H,17,18). The largest absolute Gasteiger partial charge is 0.493 e. The van der Waals surface area contributed by atoms with Crippen molar-refractivity contribution in [3.8, 4) is 22.9 Å². The number of carboxylic acid groups (broad SMARTS) is 1. The van der Waals surface area contributed by atoms with E-state index in [9.17, 15) is 4.79 Å². The van der Waals surface area contributed by atoms with Gasteiger partial charge in [0.15, 0.2) is 11.5 Å². The Morgan fingerprint density at radius 3 is 2.70 bits per heavy atom. The Labute approximate surface area is 116 Å². The van der Waals surface area contributed by atoms with Crippen LogP contribution in [0.3, 0.4) is 0 Å². The van der Waals surface area contributed by atoms with E-state index in [0.29, 0.717) is 23.9 Å². The predicted octanol–water partition coefficient (Wildman–Crippen LogP) is 2.04. The number of rotatable bonds is 6. The minimum atomic E-state index is -0.836. The number of aliphatic carboxylic acids is 1. The van der Waals surface area contributed by atoms with Crippen molar-refractivity contribution < 1.29 is 19.4 Å². The van der Waals surface area contributed by atoms with E-state index in [1.54, 1.807) is 37.2 Å². The van der Waals surface area contributed by atoms with E-state index in [4.69, 9.17) is 14.6 Å². The summed E-state index contributed by atoms with van der Waals surface area (Å²) in [5.41, 5.74) is 0.845. The number of methoxy groups -OCH3 is 2. The van der Waals surface area contributed by atoms with Crippen LogP contribution in [-0.4, -0.2) is 34.8 Å². The molecule has 6 nitrogen and oxygen atoms in total. The molecule has 1 aromatic heterocycles. The van der Waals surface area contributed by atoms with Crippen LogP contribution in [0, 0.1) is 0 Å². The first-order chi connectivity index (χ1) is 9.65. The minimum Gasteiger partial charge on any atom is -0.493 e. The molecule has 1 heterocycles. The van der Waals surface area contributed by atoms with Gasteiger partial charge in [0.2, 0.25) is 0 Å². The number of ether oxygens (including phenoxy) is 2. The van der Waals surface area contributed by atoms with Gasteiger partial charge in [-0.1, -0.05) is 0 Å². The van der Waals surface area contributed by atoms with Crippen LogP contribution < -0.4 is 9.47 Å². The zero-order valence-corrected chi connectivity index (χ0v) is 11.4. The van der Waals surface area contributed by atoms with Crippen molar-refractivity contribution in [2.75, 3.05) is 14.2 Å². The number of aromatic nitrogens is 2. The maximum atomic E-state index is 10.7. The Bertz CT molecular complexity index is 607. The van der Waals surface area contributed by atoms with Crippen molar-refractivity contribution in [3.63, 3.8) is 0 Å². The number of aryl methyl sites for hydroxylation is 1. The lowest BCUT2D eigenvalue weighted by Gasteiger charge is -2.10. The van der Waals surface area contributed by atoms with Gasteiger partial charge in [0.05, 0.1) is 20.6 Å². The summed E-state index contributed by atoms with van der Waals surface area (Å²) in [5.74, 6) is 1.11. The molecule has 0 aliphatic carbocycles. The average Bonchev–Trinajstić information content (AvgIpc) is 2.92. The second-order valence-electron chi connectivity index (χ2n) is 4.16. The molecule has 0 amide bonds. The average molecular weight is 276 g/mol. The highest BCUT2D eigenvalue weighted by Crippen LogP contribution is 2.31. The summed E-state index contributed by atoms with van der Waals surface area (Å²) in [7, 11) is 3.14. The van der Waals surface area contributed by atoms with Crippen molar-refractivity contribution in [2.45, 2.75) is 13.0 Å². The SMILES string of the molecule is COc1ccc(-c2nccn2CCC(=O)O)cc1OC. The number of carboxylic acids is 1. The summed E-state index contributed by atoms with van der Waals surface area (Å²) in [5, 5.41) is 8.75. The molecule has 0 aliphatic rings.